The highest BCUT2D eigenvalue weighted by atomic mass is 32.2. The van der Waals surface area contributed by atoms with E-state index in [-0.39, 0.29) is 28.6 Å². The van der Waals surface area contributed by atoms with Crippen molar-refractivity contribution in [2.45, 2.75) is 24.3 Å². The molecule has 6 nitrogen and oxygen atoms in total. The number of phenolic OH excluding ortho intramolecular Hbond substituents is 2. The number of hydrogen-bond donors (Lipinski definition) is 2. The predicted octanol–water partition coefficient (Wildman–Crippen LogP) is 4.50. The van der Waals surface area contributed by atoms with Crippen LogP contribution in [0.4, 0.5) is 0 Å². The van der Waals surface area contributed by atoms with Gasteiger partial charge in [0.1, 0.15) is 16.8 Å². The lowest BCUT2D eigenvalue weighted by Gasteiger charge is -2.15. The molecular formula is C24H20N2O4S. The van der Waals surface area contributed by atoms with Crippen LogP contribution in [0.5, 0.6) is 17.2 Å². The third kappa shape index (κ3) is 4.07. The number of Topliss-reactive ketones (excluding diaryl/α,β-unsaturated/α-hetero) is 1. The van der Waals surface area contributed by atoms with Gasteiger partial charge < -0.3 is 14.9 Å². The third-order valence-electron chi connectivity index (χ3n) is 5.32. The van der Waals surface area contributed by atoms with E-state index in [0.29, 0.717) is 10.6 Å². The lowest BCUT2D eigenvalue weighted by molar-refractivity contribution is 0.102. The predicted molar refractivity (Wildman–Crippen MR) is 118 cm³/mol. The molecule has 3 aromatic rings. The monoisotopic (exact) mass is 432 g/mol. The summed E-state index contributed by atoms with van der Waals surface area (Å²) in [4.78, 5) is 17.3. The van der Waals surface area contributed by atoms with Crippen molar-refractivity contribution in [3.63, 3.8) is 0 Å². The molecule has 2 N–H and O–H groups in total. The van der Waals surface area contributed by atoms with Crippen molar-refractivity contribution < 1.29 is 19.7 Å². The van der Waals surface area contributed by atoms with Crippen LogP contribution < -0.4 is 4.74 Å². The molecule has 0 aliphatic heterocycles. The highest BCUT2D eigenvalue weighted by molar-refractivity contribution is 8.00. The van der Waals surface area contributed by atoms with Crippen LogP contribution >= 0.6 is 11.8 Å². The van der Waals surface area contributed by atoms with Crippen molar-refractivity contribution in [1.29, 1.82) is 5.26 Å². The van der Waals surface area contributed by atoms with Crippen molar-refractivity contribution in [2.24, 2.45) is 0 Å². The Bertz CT molecular complexity index is 1200. The Balaban J connectivity index is 1.69. The average Bonchev–Trinajstić information content (AvgIpc) is 3.26. The van der Waals surface area contributed by atoms with Gasteiger partial charge in [0.2, 0.25) is 0 Å². The SMILES string of the molecule is COc1ccc(-c2c(C#N)c(SCC(=O)c3ccc(O)c(O)c3)nc3c2CCC3)cc1. The molecule has 31 heavy (non-hydrogen) atoms. The molecule has 1 aliphatic rings. The molecule has 1 heterocycles. The minimum absolute atomic E-state index is 0.0622. The fourth-order valence-electron chi connectivity index (χ4n) is 3.76. The molecule has 1 aromatic heterocycles. The van der Waals surface area contributed by atoms with E-state index in [9.17, 15) is 20.3 Å². The standard InChI is InChI=1S/C24H20N2O4S/c1-30-16-8-5-14(6-9-16)23-17-3-2-4-19(17)26-24(18(23)12-25)31-13-22(29)15-7-10-20(27)21(28)11-15/h5-11,27-28H,2-4,13H2,1H3. The maximum absolute atomic E-state index is 12.6. The van der Waals surface area contributed by atoms with E-state index in [4.69, 9.17) is 9.72 Å². The van der Waals surface area contributed by atoms with E-state index < -0.39 is 0 Å². The molecule has 0 unspecified atom stereocenters. The summed E-state index contributed by atoms with van der Waals surface area (Å²) in [5, 5.41) is 29.6. The number of aromatic nitrogens is 1. The number of methoxy groups -OCH3 is 1. The first-order valence-corrected chi connectivity index (χ1v) is 10.8. The second kappa shape index (κ2) is 8.70. The molecule has 2 aromatic carbocycles. The zero-order valence-electron chi connectivity index (χ0n) is 16.9. The topological polar surface area (TPSA) is 103 Å². The molecule has 0 saturated heterocycles. The van der Waals surface area contributed by atoms with Crippen molar-refractivity contribution in [3.8, 4) is 34.4 Å². The summed E-state index contributed by atoms with van der Waals surface area (Å²) >= 11 is 1.22. The third-order valence-corrected chi connectivity index (χ3v) is 6.29. The number of ketones is 1. The second-order valence-electron chi connectivity index (χ2n) is 7.20. The first-order valence-electron chi connectivity index (χ1n) is 9.80. The summed E-state index contributed by atoms with van der Waals surface area (Å²) in [5.41, 5.74) is 4.64. The van der Waals surface area contributed by atoms with Crippen LogP contribution in [-0.2, 0) is 12.8 Å². The van der Waals surface area contributed by atoms with Gasteiger partial charge in [-0.25, -0.2) is 4.98 Å². The number of hydrogen-bond acceptors (Lipinski definition) is 7. The molecule has 0 saturated carbocycles. The van der Waals surface area contributed by atoms with E-state index in [2.05, 4.69) is 6.07 Å². The fourth-order valence-corrected chi connectivity index (χ4v) is 4.66. The van der Waals surface area contributed by atoms with Crippen LogP contribution in [0.15, 0.2) is 47.5 Å². The molecule has 1 aliphatic carbocycles. The Hall–Kier alpha value is -3.50. The number of rotatable bonds is 6. The van der Waals surface area contributed by atoms with Gasteiger partial charge in [-0.2, -0.15) is 5.26 Å². The van der Waals surface area contributed by atoms with Crippen molar-refractivity contribution in [1.82, 2.24) is 4.98 Å². The maximum Gasteiger partial charge on any atom is 0.173 e. The van der Waals surface area contributed by atoms with Crippen molar-refractivity contribution >= 4 is 17.5 Å². The number of ether oxygens (including phenoxy) is 1. The lowest BCUT2D eigenvalue weighted by Crippen LogP contribution is -2.05. The Morgan fingerprint density at radius 2 is 1.94 bits per heavy atom. The second-order valence-corrected chi connectivity index (χ2v) is 8.17. The maximum atomic E-state index is 12.6. The summed E-state index contributed by atoms with van der Waals surface area (Å²) in [7, 11) is 1.61. The molecule has 0 bridgehead atoms. The summed E-state index contributed by atoms with van der Waals surface area (Å²) in [6, 6.07) is 13.9. The van der Waals surface area contributed by atoms with Gasteiger partial charge in [-0.05, 0) is 60.7 Å². The minimum Gasteiger partial charge on any atom is -0.504 e. The van der Waals surface area contributed by atoms with Gasteiger partial charge in [-0.3, -0.25) is 4.79 Å². The quantitative estimate of drug-likeness (QED) is 0.336. The number of aryl methyl sites for hydroxylation is 1. The molecule has 0 amide bonds. The van der Waals surface area contributed by atoms with E-state index in [1.807, 2.05) is 24.3 Å². The number of carbonyl (C=O) groups excluding carboxylic acids is 1. The van der Waals surface area contributed by atoms with Crippen LogP contribution in [0.25, 0.3) is 11.1 Å². The number of pyridine rings is 1. The number of nitriles is 1. The number of fused-ring (bicyclic) bond motifs is 1. The number of benzene rings is 2. The number of aromatic hydroxyl groups is 2. The van der Waals surface area contributed by atoms with Crippen LogP contribution in [0.1, 0.15) is 33.6 Å². The number of thioether (sulfide) groups is 1. The van der Waals surface area contributed by atoms with E-state index in [1.165, 1.54) is 30.0 Å². The van der Waals surface area contributed by atoms with Gasteiger partial charge in [-0.1, -0.05) is 23.9 Å². The molecule has 7 heteroatoms. The minimum atomic E-state index is -0.342. The van der Waals surface area contributed by atoms with Crippen LogP contribution in [0.3, 0.4) is 0 Å². The number of nitrogens with zero attached hydrogens (tertiary/aromatic N) is 2. The molecule has 0 radical (unpaired) electrons. The Morgan fingerprint density at radius 1 is 1.16 bits per heavy atom. The fraction of sp³-hybridized carbons (Fsp3) is 0.208. The summed E-state index contributed by atoms with van der Waals surface area (Å²) < 4.78 is 5.25. The van der Waals surface area contributed by atoms with Gasteiger partial charge in [0.15, 0.2) is 17.3 Å². The number of carbonyl (C=O) groups is 1. The molecule has 0 fully saturated rings. The highest BCUT2D eigenvalue weighted by Crippen LogP contribution is 2.39. The first kappa shape index (κ1) is 20.8. The Kier molecular flexibility index (Phi) is 5.83. The van der Waals surface area contributed by atoms with Crippen LogP contribution in [-0.4, -0.2) is 33.8 Å². The van der Waals surface area contributed by atoms with Crippen LogP contribution in [0, 0.1) is 11.3 Å². The Morgan fingerprint density at radius 3 is 2.61 bits per heavy atom. The largest absolute Gasteiger partial charge is 0.504 e. The van der Waals surface area contributed by atoms with Gasteiger partial charge in [-0.15, -0.1) is 0 Å². The van der Waals surface area contributed by atoms with Crippen LogP contribution in [0.2, 0.25) is 0 Å². The van der Waals surface area contributed by atoms with Crippen molar-refractivity contribution in [2.75, 3.05) is 12.9 Å². The van der Waals surface area contributed by atoms with E-state index in [1.54, 1.807) is 7.11 Å². The summed E-state index contributed by atoms with van der Waals surface area (Å²) in [6.45, 7) is 0. The van der Waals surface area contributed by atoms with E-state index >= 15 is 0 Å². The molecule has 4 rings (SSSR count). The Labute approximate surface area is 184 Å². The van der Waals surface area contributed by atoms with Gasteiger partial charge >= 0.3 is 0 Å². The van der Waals surface area contributed by atoms with Gasteiger partial charge in [0.05, 0.1) is 18.4 Å². The normalized spacial score (nSPS) is 12.3. The molecular weight excluding hydrogens is 412 g/mol. The van der Waals surface area contributed by atoms with Gasteiger partial charge in [0, 0.05) is 16.8 Å². The zero-order chi connectivity index (χ0) is 22.0. The smallest absolute Gasteiger partial charge is 0.173 e. The summed E-state index contributed by atoms with van der Waals surface area (Å²) in [6.07, 6.45) is 2.70. The van der Waals surface area contributed by atoms with Crippen molar-refractivity contribution in [3.05, 3.63) is 64.8 Å². The first-order chi connectivity index (χ1) is 15.0. The highest BCUT2D eigenvalue weighted by Gasteiger charge is 2.25. The summed E-state index contributed by atoms with van der Waals surface area (Å²) in [5.74, 6) is -0.0404. The average molecular weight is 433 g/mol. The lowest BCUT2D eigenvalue weighted by atomic mass is 9.95. The molecule has 0 atom stereocenters. The zero-order valence-corrected chi connectivity index (χ0v) is 17.7. The molecule has 0 spiro atoms. The number of phenols is 2. The molecule has 156 valence electrons. The van der Waals surface area contributed by atoms with Gasteiger partial charge in [0.25, 0.3) is 0 Å². The van der Waals surface area contributed by atoms with E-state index in [0.717, 1.165) is 47.4 Å².